The van der Waals surface area contributed by atoms with Crippen LogP contribution >= 0.6 is 22.6 Å². The second-order valence-electron chi connectivity index (χ2n) is 9.20. The van der Waals surface area contributed by atoms with Gasteiger partial charge >= 0.3 is 5.97 Å². The number of aromatic nitrogens is 1. The molecule has 0 saturated carbocycles. The Kier molecular flexibility index (Phi) is 7.78. The summed E-state index contributed by atoms with van der Waals surface area (Å²) in [5.41, 5.74) is 6.61. The molecule has 2 heterocycles. The maximum absolute atomic E-state index is 13.3. The minimum atomic E-state index is -0.565. The molecule has 210 valence electrons. The molecule has 5 aromatic rings. The van der Waals surface area contributed by atoms with E-state index in [4.69, 9.17) is 18.9 Å². The number of H-pyrrole nitrogens is 1. The number of fused-ring (bicyclic) bond motifs is 2. The van der Waals surface area contributed by atoms with Crippen molar-refractivity contribution in [1.82, 2.24) is 10.4 Å². The lowest BCUT2D eigenvalue weighted by atomic mass is 10.0. The van der Waals surface area contributed by atoms with Crippen LogP contribution in [0.5, 0.6) is 23.0 Å². The summed E-state index contributed by atoms with van der Waals surface area (Å²) >= 11 is 2.25. The monoisotopic (exact) mass is 673 g/mol. The molecule has 4 aromatic carbocycles. The minimum absolute atomic E-state index is 0.112. The fraction of sp³-hybridized carbons (Fsp3) is 0.0938. The van der Waals surface area contributed by atoms with Crippen molar-refractivity contribution < 1.29 is 28.5 Å². The van der Waals surface area contributed by atoms with Crippen LogP contribution in [0.1, 0.15) is 33.3 Å². The highest BCUT2D eigenvalue weighted by Crippen LogP contribution is 2.35. The van der Waals surface area contributed by atoms with Gasteiger partial charge in [0.05, 0.1) is 23.9 Å². The Balaban J connectivity index is 1.20. The van der Waals surface area contributed by atoms with Crippen LogP contribution in [0.3, 0.4) is 0 Å². The zero-order valence-electron chi connectivity index (χ0n) is 22.3. The molecule has 6 rings (SSSR count). The third-order valence-electron chi connectivity index (χ3n) is 6.53. The minimum Gasteiger partial charge on any atom is -0.490 e. The number of nitrogens with one attached hydrogen (secondary N) is 2. The molecule has 2 N–H and O–H groups in total. The molecule has 0 saturated heterocycles. The van der Waals surface area contributed by atoms with Crippen molar-refractivity contribution in [1.29, 1.82) is 0 Å². The lowest BCUT2D eigenvalue weighted by Crippen LogP contribution is -2.19. The number of hydrazone groups is 1. The van der Waals surface area contributed by atoms with Gasteiger partial charge in [0.1, 0.15) is 5.69 Å². The number of aromatic amines is 1. The molecule has 1 aromatic heterocycles. The number of rotatable bonds is 8. The molecule has 1 amide bonds. The lowest BCUT2D eigenvalue weighted by molar-refractivity contribution is 0.0727. The fourth-order valence-corrected chi connectivity index (χ4v) is 5.25. The highest BCUT2D eigenvalue weighted by Gasteiger charge is 2.21. The van der Waals surface area contributed by atoms with Crippen molar-refractivity contribution in [3.63, 3.8) is 0 Å². The van der Waals surface area contributed by atoms with Gasteiger partial charge in [-0.3, -0.25) is 4.79 Å². The highest BCUT2D eigenvalue weighted by atomic mass is 127. The van der Waals surface area contributed by atoms with E-state index in [1.54, 1.807) is 36.4 Å². The van der Waals surface area contributed by atoms with E-state index in [9.17, 15) is 9.59 Å². The summed E-state index contributed by atoms with van der Waals surface area (Å²) in [7, 11) is 0. The molecule has 10 heteroatoms. The van der Waals surface area contributed by atoms with Crippen LogP contribution < -0.4 is 24.4 Å². The van der Waals surface area contributed by atoms with E-state index in [0.29, 0.717) is 40.7 Å². The zero-order chi connectivity index (χ0) is 29.1. The van der Waals surface area contributed by atoms with E-state index in [2.05, 4.69) is 38.1 Å². The number of halogens is 1. The maximum Gasteiger partial charge on any atom is 0.343 e. The summed E-state index contributed by atoms with van der Waals surface area (Å²) < 4.78 is 23.0. The first-order valence-corrected chi connectivity index (χ1v) is 14.2. The van der Waals surface area contributed by atoms with Crippen LogP contribution in [-0.4, -0.2) is 36.5 Å². The molecule has 0 aliphatic carbocycles. The summed E-state index contributed by atoms with van der Waals surface area (Å²) in [5.74, 6) is 0.731. The number of carbonyl (C=O) groups excluding carboxylic acids is 2. The molecule has 1 aliphatic heterocycles. The average molecular weight is 673 g/mol. The van der Waals surface area contributed by atoms with Gasteiger partial charge in [0, 0.05) is 14.5 Å². The predicted molar refractivity (Wildman–Crippen MR) is 167 cm³/mol. The average Bonchev–Trinajstić information content (AvgIpc) is 3.64. The Morgan fingerprint density at radius 1 is 0.976 bits per heavy atom. The van der Waals surface area contributed by atoms with Crippen LogP contribution in [0.2, 0.25) is 0 Å². The topological polar surface area (TPSA) is 111 Å². The van der Waals surface area contributed by atoms with E-state index >= 15 is 0 Å². The van der Waals surface area contributed by atoms with Crippen molar-refractivity contribution in [3.8, 4) is 34.1 Å². The van der Waals surface area contributed by atoms with Gasteiger partial charge in [-0.25, -0.2) is 10.2 Å². The standard InChI is InChI=1S/C32H24IN3O6/c1-2-39-26-15-19(11-13-25(26)42-32(38)21-12-14-24-27(16-21)41-18-40-24)17-34-36-31(37)30-28(20-7-4-3-5-8-20)22-9-6-10-23(33)29(22)35-30/h3-17,35H,2,18H2,1H3,(H,36,37). The van der Waals surface area contributed by atoms with Crippen molar-refractivity contribution in [3.05, 3.63) is 105 Å². The van der Waals surface area contributed by atoms with Gasteiger partial charge in [0.2, 0.25) is 6.79 Å². The third-order valence-corrected chi connectivity index (χ3v) is 7.43. The summed E-state index contributed by atoms with van der Waals surface area (Å²) in [6.07, 6.45) is 1.50. The summed E-state index contributed by atoms with van der Waals surface area (Å²) in [4.78, 5) is 29.4. The number of esters is 1. The number of hydrogen-bond donors (Lipinski definition) is 2. The first-order chi connectivity index (χ1) is 20.5. The zero-order valence-corrected chi connectivity index (χ0v) is 24.5. The van der Waals surface area contributed by atoms with Gasteiger partial charge in [-0.05, 0) is 83.1 Å². The second-order valence-corrected chi connectivity index (χ2v) is 10.4. The number of benzene rings is 4. The molecule has 0 spiro atoms. The molecule has 0 radical (unpaired) electrons. The Morgan fingerprint density at radius 3 is 2.64 bits per heavy atom. The van der Waals surface area contributed by atoms with Crippen molar-refractivity contribution in [2.24, 2.45) is 5.10 Å². The number of ether oxygens (including phenoxy) is 4. The largest absolute Gasteiger partial charge is 0.490 e. The van der Waals surface area contributed by atoms with Gasteiger partial charge in [-0.1, -0.05) is 42.5 Å². The van der Waals surface area contributed by atoms with Crippen LogP contribution in [-0.2, 0) is 0 Å². The smallest absolute Gasteiger partial charge is 0.343 e. The molecule has 1 aliphatic rings. The molecule has 0 atom stereocenters. The molecule has 9 nitrogen and oxygen atoms in total. The first-order valence-electron chi connectivity index (χ1n) is 13.1. The number of hydrogen-bond acceptors (Lipinski definition) is 7. The van der Waals surface area contributed by atoms with E-state index in [1.165, 1.54) is 6.21 Å². The van der Waals surface area contributed by atoms with E-state index in [1.807, 2.05) is 55.5 Å². The number of carbonyl (C=O) groups is 2. The fourth-order valence-electron chi connectivity index (χ4n) is 4.62. The summed E-state index contributed by atoms with van der Waals surface area (Å²) in [5, 5.41) is 5.14. The number of nitrogens with zero attached hydrogens (tertiary/aromatic N) is 1. The van der Waals surface area contributed by atoms with E-state index in [-0.39, 0.29) is 18.4 Å². The van der Waals surface area contributed by atoms with Crippen LogP contribution in [0, 0.1) is 3.57 Å². The van der Waals surface area contributed by atoms with Crippen LogP contribution in [0.15, 0.2) is 90.0 Å². The van der Waals surface area contributed by atoms with Gasteiger partial charge < -0.3 is 23.9 Å². The molecule has 42 heavy (non-hydrogen) atoms. The highest BCUT2D eigenvalue weighted by molar-refractivity contribution is 14.1. The SMILES string of the molecule is CCOc1cc(C=NNC(=O)c2[nH]c3c(I)cccc3c2-c2ccccc2)ccc1OC(=O)c1ccc2c(c1)OCO2. The summed E-state index contributed by atoms with van der Waals surface area (Å²) in [6, 6.07) is 25.6. The first kappa shape index (κ1) is 27.3. The van der Waals surface area contributed by atoms with Crippen molar-refractivity contribution >= 4 is 51.6 Å². The molecule has 0 fully saturated rings. The van der Waals surface area contributed by atoms with Gasteiger partial charge in [-0.2, -0.15) is 5.10 Å². The van der Waals surface area contributed by atoms with Gasteiger partial charge in [0.15, 0.2) is 23.0 Å². The Bertz CT molecular complexity index is 1830. The number of amides is 1. The molecule has 0 bridgehead atoms. The van der Waals surface area contributed by atoms with E-state index < -0.39 is 5.97 Å². The quantitative estimate of drug-likeness (QED) is 0.0636. The van der Waals surface area contributed by atoms with Crippen molar-refractivity contribution in [2.75, 3.05) is 13.4 Å². The Hall–Kier alpha value is -4.84. The number of para-hydroxylation sites is 1. The van der Waals surface area contributed by atoms with Crippen LogP contribution in [0.25, 0.3) is 22.0 Å². The van der Waals surface area contributed by atoms with Gasteiger partial charge in [-0.15, -0.1) is 0 Å². The summed E-state index contributed by atoms with van der Waals surface area (Å²) in [6.45, 7) is 2.30. The third kappa shape index (κ3) is 5.53. The second kappa shape index (κ2) is 12.0. The van der Waals surface area contributed by atoms with Gasteiger partial charge in [0.25, 0.3) is 5.91 Å². The Morgan fingerprint density at radius 2 is 1.81 bits per heavy atom. The lowest BCUT2D eigenvalue weighted by Gasteiger charge is -2.11. The molecule has 0 unspecified atom stereocenters. The van der Waals surface area contributed by atoms with Crippen molar-refractivity contribution in [2.45, 2.75) is 6.92 Å². The van der Waals surface area contributed by atoms with E-state index in [0.717, 1.165) is 25.6 Å². The molecular weight excluding hydrogens is 649 g/mol. The molecular formula is C32H24IN3O6. The Labute approximate surface area is 254 Å². The maximum atomic E-state index is 13.3. The van der Waals surface area contributed by atoms with Crippen LogP contribution in [0.4, 0.5) is 0 Å². The predicted octanol–water partition coefficient (Wildman–Crippen LogP) is 6.55. The normalized spacial score (nSPS) is 12.0.